The Balaban J connectivity index is 4.39. The number of nitrogens with zero attached hydrogens (tertiary/aromatic N) is 1. The number of quaternary nitrogens is 1. The predicted molar refractivity (Wildman–Crippen MR) is 204 cm³/mol. The van der Waals surface area contributed by atoms with Crippen LogP contribution in [-0.4, -0.2) is 75.5 Å². The second-order valence-corrected chi connectivity index (χ2v) is 14.9. The summed E-state index contributed by atoms with van der Waals surface area (Å²) < 4.78 is 17.1. The molecule has 0 spiro atoms. The number of unbranched alkanes of at least 4 members (excludes halogenated alkanes) is 19. The quantitative estimate of drug-likeness (QED) is 0.0277. The minimum Gasteiger partial charge on any atom is -0.544 e. The molecule has 0 saturated heterocycles. The van der Waals surface area contributed by atoms with Crippen LogP contribution in [0.3, 0.4) is 0 Å². The number of likely N-dealkylation sites (N-methyl/N-ethyl adjacent to an activating group) is 1. The van der Waals surface area contributed by atoms with Crippen LogP contribution < -0.4 is 5.11 Å². The smallest absolute Gasteiger partial charge is 0.306 e. The zero-order chi connectivity index (χ0) is 37.1. The first-order valence-corrected chi connectivity index (χ1v) is 20.4. The monoisotopic (exact) mass is 708 g/mol. The van der Waals surface area contributed by atoms with Crippen LogP contribution in [0.25, 0.3) is 0 Å². The molecule has 0 saturated carbocycles. The van der Waals surface area contributed by atoms with Gasteiger partial charge in [-0.15, -0.1) is 0 Å². The highest BCUT2D eigenvalue weighted by atomic mass is 16.6. The molecule has 8 nitrogen and oxygen atoms in total. The van der Waals surface area contributed by atoms with Gasteiger partial charge in [-0.1, -0.05) is 141 Å². The molecule has 0 aliphatic rings. The third-order valence-corrected chi connectivity index (χ3v) is 9.12. The van der Waals surface area contributed by atoms with Gasteiger partial charge in [0.2, 0.25) is 0 Å². The van der Waals surface area contributed by atoms with Crippen molar-refractivity contribution in [2.75, 3.05) is 41.0 Å². The lowest BCUT2D eigenvalue weighted by molar-refractivity contribution is -0.889. The van der Waals surface area contributed by atoms with Crippen molar-refractivity contribution in [3.63, 3.8) is 0 Å². The van der Waals surface area contributed by atoms with Gasteiger partial charge in [-0.25, -0.2) is 0 Å². The molecular weight excluding hydrogens is 630 g/mol. The molecule has 0 aromatic heterocycles. The van der Waals surface area contributed by atoms with E-state index in [-0.39, 0.29) is 42.7 Å². The van der Waals surface area contributed by atoms with Crippen molar-refractivity contribution in [2.45, 2.75) is 187 Å². The Morgan fingerprint density at radius 1 is 0.600 bits per heavy atom. The lowest BCUT2D eigenvalue weighted by Gasteiger charge is -2.34. The Morgan fingerprint density at radius 2 is 1.04 bits per heavy atom. The van der Waals surface area contributed by atoms with Gasteiger partial charge in [-0.3, -0.25) is 9.59 Å². The fourth-order valence-electron chi connectivity index (χ4n) is 5.88. The lowest BCUT2D eigenvalue weighted by atomic mass is 10.1. The largest absolute Gasteiger partial charge is 0.544 e. The number of aliphatic carboxylic acids is 1. The third-order valence-electron chi connectivity index (χ3n) is 9.12. The number of hydrogen-bond donors (Lipinski definition) is 0. The van der Waals surface area contributed by atoms with Crippen molar-refractivity contribution in [2.24, 2.45) is 0 Å². The van der Waals surface area contributed by atoms with Crippen molar-refractivity contribution < 1.29 is 38.2 Å². The number of carbonyl (C=O) groups is 3. The maximum Gasteiger partial charge on any atom is 0.306 e. The Kier molecular flexibility index (Phi) is 32.4. The summed E-state index contributed by atoms with van der Waals surface area (Å²) in [7, 11) is 5.40. The van der Waals surface area contributed by atoms with E-state index < -0.39 is 18.1 Å². The second kappa shape index (κ2) is 33.9. The minimum absolute atomic E-state index is 0.0403. The summed E-state index contributed by atoms with van der Waals surface area (Å²) in [5.74, 6) is -1.75. The van der Waals surface area contributed by atoms with Crippen LogP contribution in [0.5, 0.6) is 0 Å². The molecule has 0 aromatic carbocycles. The van der Waals surface area contributed by atoms with Gasteiger partial charge in [0.25, 0.3) is 0 Å². The van der Waals surface area contributed by atoms with Gasteiger partial charge < -0.3 is 28.6 Å². The molecule has 0 aromatic rings. The highest BCUT2D eigenvalue weighted by Crippen LogP contribution is 2.14. The number of carboxylic acids is 1. The van der Waals surface area contributed by atoms with Gasteiger partial charge >= 0.3 is 11.9 Å². The highest BCUT2D eigenvalue weighted by Gasteiger charge is 2.25. The Morgan fingerprint density at radius 3 is 1.54 bits per heavy atom. The summed E-state index contributed by atoms with van der Waals surface area (Å²) in [6.45, 7) is 4.61. The molecule has 0 aliphatic heterocycles. The molecule has 0 radical (unpaired) electrons. The van der Waals surface area contributed by atoms with Crippen LogP contribution in [0, 0.1) is 0 Å². The predicted octanol–water partition coefficient (Wildman–Crippen LogP) is 9.19. The number of allylic oxidation sites excluding steroid dienone is 4. The average Bonchev–Trinajstić information content (AvgIpc) is 3.06. The number of carbonyl (C=O) groups excluding carboxylic acids is 3. The Labute approximate surface area is 307 Å². The van der Waals surface area contributed by atoms with Gasteiger partial charge in [0.05, 0.1) is 40.3 Å². The number of hydrogen-bond acceptors (Lipinski definition) is 7. The molecule has 0 rings (SSSR count). The highest BCUT2D eigenvalue weighted by molar-refractivity contribution is 5.70. The molecule has 2 unspecified atom stereocenters. The van der Waals surface area contributed by atoms with E-state index in [1.807, 2.05) is 0 Å². The van der Waals surface area contributed by atoms with Crippen molar-refractivity contribution >= 4 is 17.9 Å². The molecule has 0 amide bonds. The van der Waals surface area contributed by atoms with E-state index in [1.165, 1.54) is 89.9 Å². The van der Waals surface area contributed by atoms with Crippen LogP contribution in [0.1, 0.15) is 174 Å². The summed E-state index contributed by atoms with van der Waals surface area (Å²) in [5, 5.41) is 11.6. The molecule has 50 heavy (non-hydrogen) atoms. The van der Waals surface area contributed by atoms with Gasteiger partial charge in [0, 0.05) is 19.3 Å². The lowest BCUT2D eigenvalue weighted by Crippen LogP contribution is -2.55. The van der Waals surface area contributed by atoms with Crippen molar-refractivity contribution in [1.82, 2.24) is 0 Å². The minimum atomic E-state index is -1.13. The summed E-state index contributed by atoms with van der Waals surface area (Å²) in [6, 6.07) is -0.723. The first-order chi connectivity index (χ1) is 24.1. The fraction of sp³-hybridized carbons (Fsp3) is 0.833. The Hall–Kier alpha value is -2.19. The topological polar surface area (TPSA) is 102 Å². The van der Waals surface area contributed by atoms with Gasteiger partial charge in [0.15, 0.2) is 6.10 Å². The Bertz CT molecular complexity index is 880. The summed E-state index contributed by atoms with van der Waals surface area (Å²) in [5.41, 5.74) is 0. The maximum absolute atomic E-state index is 12.6. The zero-order valence-electron chi connectivity index (χ0n) is 33.1. The van der Waals surface area contributed by atoms with E-state index in [0.29, 0.717) is 12.8 Å². The molecule has 0 bridgehead atoms. The molecular formula is C42H77NO7. The second-order valence-electron chi connectivity index (χ2n) is 14.9. The molecule has 8 heteroatoms. The molecule has 0 N–H and O–H groups in total. The maximum atomic E-state index is 12.6. The molecule has 292 valence electrons. The van der Waals surface area contributed by atoms with Gasteiger partial charge in [-0.2, -0.15) is 0 Å². The molecule has 0 heterocycles. The van der Waals surface area contributed by atoms with Gasteiger partial charge in [0.1, 0.15) is 12.6 Å². The van der Waals surface area contributed by atoms with Crippen LogP contribution in [-0.2, 0) is 28.6 Å². The van der Waals surface area contributed by atoms with Gasteiger partial charge in [-0.05, 0) is 38.5 Å². The zero-order valence-corrected chi connectivity index (χ0v) is 33.1. The SMILES string of the molecule is CCCCC/C=C/C=C/CCCCCCCCC(=O)OCC(COCCC(C(=O)[O-])[N+](C)(C)C)OC(=O)CCCCCCCCCCCCC. The summed E-state index contributed by atoms with van der Waals surface area (Å²) in [4.78, 5) is 36.7. The number of esters is 2. The van der Waals surface area contributed by atoms with E-state index in [0.717, 1.165) is 51.4 Å². The van der Waals surface area contributed by atoms with E-state index >= 15 is 0 Å². The normalized spacial score (nSPS) is 13.2. The molecule has 0 fully saturated rings. The van der Waals surface area contributed by atoms with Crippen molar-refractivity contribution in [3.05, 3.63) is 24.3 Å². The summed E-state index contributed by atoms with van der Waals surface area (Å²) in [6.07, 6.45) is 34.8. The van der Waals surface area contributed by atoms with Crippen LogP contribution in [0.4, 0.5) is 0 Å². The van der Waals surface area contributed by atoms with E-state index in [2.05, 4.69) is 38.2 Å². The van der Waals surface area contributed by atoms with E-state index in [9.17, 15) is 19.5 Å². The summed E-state index contributed by atoms with van der Waals surface area (Å²) >= 11 is 0. The van der Waals surface area contributed by atoms with E-state index in [4.69, 9.17) is 14.2 Å². The number of rotatable bonds is 36. The third kappa shape index (κ3) is 31.8. The average molecular weight is 708 g/mol. The number of ether oxygens (including phenoxy) is 3. The molecule has 2 atom stereocenters. The van der Waals surface area contributed by atoms with Crippen molar-refractivity contribution in [3.8, 4) is 0 Å². The standard InChI is InChI=1S/C42H77NO7/c1-6-8-10-12-14-16-18-19-20-21-23-24-26-28-30-32-40(44)49-37-38(36-48-35-34-39(42(46)47)43(3,4)5)50-41(45)33-31-29-27-25-22-17-15-13-11-9-7-2/h14,16,18-19,38-39H,6-13,15,17,20-37H2,1-5H3/b16-14+,19-18+. The van der Waals surface area contributed by atoms with Crippen molar-refractivity contribution in [1.29, 1.82) is 0 Å². The van der Waals surface area contributed by atoms with Crippen LogP contribution in [0.2, 0.25) is 0 Å². The first kappa shape index (κ1) is 47.8. The molecule has 0 aliphatic carbocycles. The first-order valence-electron chi connectivity index (χ1n) is 20.4. The number of carboxylic acid groups (broad SMARTS) is 1. The fourth-order valence-corrected chi connectivity index (χ4v) is 5.88. The van der Waals surface area contributed by atoms with Crippen LogP contribution >= 0.6 is 0 Å². The van der Waals surface area contributed by atoms with E-state index in [1.54, 1.807) is 21.1 Å². The van der Waals surface area contributed by atoms with Crippen LogP contribution in [0.15, 0.2) is 24.3 Å².